The largest absolute Gasteiger partial charge is 0.394 e. The summed E-state index contributed by atoms with van der Waals surface area (Å²) in [5.74, 6) is -0.559. The molecular formula is C14H25NO11. The van der Waals surface area contributed by atoms with Crippen molar-refractivity contribution < 1.29 is 54.8 Å². The molecule has 2 heterocycles. The zero-order valence-electron chi connectivity index (χ0n) is 14.0. The molecular weight excluding hydrogens is 358 g/mol. The Hall–Kier alpha value is -0.930. The summed E-state index contributed by atoms with van der Waals surface area (Å²) in [5.41, 5.74) is 0. The quantitative estimate of drug-likeness (QED) is 0.218. The molecule has 12 nitrogen and oxygen atoms in total. The Kier molecular flexibility index (Phi) is 7.27. The van der Waals surface area contributed by atoms with Gasteiger partial charge in [-0.3, -0.25) is 4.79 Å². The van der Waals surface area contributed by atoms with Crippen molar-refractivity contribution in [2.45, 2.75) is 68.3 Å². The van der Waals surface area contributed by atoms with Gasteiger partial charge < -0.3 is 55.3 Å². The molecule has 9 unspecified atom stereocenters. The van der Waals surface area contributed by atoms with Crippen LogP contribution < -0.4 is 5.32 Å². The molecule has 10 atom stereocenters. The van der Waals surface area contributed by atoms with Gasteiger partial charge in [0.25, 0.3) is 0 Å². The number of ether oxygens (including phenoxy) is 3. The van der Waals surface area contributed by atoms with E-state index in [0.717, 1.165) is 6.92 Å². The molecule has 2 saturated heterocycles. The maximum absolute atomic E-state index is 11.2. The highest BCUT2D eigenvalue weighted by atomic mass is 16.7. The molecule has 0 bridgehead atoms. The minimum atomic E-state index is -1.63. The van der Waals surface area contributed by atoms with Gasteiger partial charge in [0.2, 0.25) is 5.91 Å². The fraction of sp³-hybridized carbons (Fsp3) is 0.929. The topological polar surface area (TPSA) is 198 Å². The van der Waals surface area contributed by atoms with Crippen LogP contribution >= 0.6 is 0 Å². The van der Waals surface area contributed by atoms with Gasteiger partial charge in [-0.05, 0) is 0 Å². The van der Waals surface area contributed by atoms with E-state index in [9.17, 15) is 35.4 Å². The van der Waals surface area contributed by atoms with Crippen LogP contribution in [0.5, 0.6) is 0 Å². The summed E-state index contributed by atoms with van der Waals surface area (Å²) in [5, 5.41) is 70.4. The van der Waals surface area contributed by atoms with Crippen molar-refractivity contribution in [3.63, 3.8) is 0 Å². The van der Waals surface area contributed by atoms with Crippen LogP contribution in [0.25, 0.3) is 0 Å². The predicted octanol–water partition coefficient (Wildman–Crippen LogP) is -5.25. The fourth-order valence-electron chi connectivity index (χ4n) is 3.00. The number of amides is 1. The number of carbonyl (C=O) groups excluding carboxylic acids is 1. The number of nitrogens with one attached hydrogen (secondary N) is 1. The normalized spacial score (nSPS) is 44.7. The van der Waals surface area contributed by atoms with Crippen LogP contribution in [-0.4, -0.2) is 116 Å². The second-order valence-corrected chi connectivity index (χ2v) is 6.27. The third-order valence-corrected chi connectivity index (χ3v) is 4.36. The second-order valence-electron chi connectivity index (χ2n) is 6.27. The third-order valence-electron chi connectivity index (χ3n) is 4.36. The molecule has 0 aliphatic carbocycles. The van der Waals surface area contributed by atoms with Gasteiger partial charge in [0, 0.05) is 6.92 Å². The van der Waals surface area contributed by atoms with Crippen molar-refractivity contribution in [2.75, 3.05) is 13.2 Å². The lowest BCUT2D eigenvalue weighted by Gasteiger charge is -2.43. The molecule has 2 rings (SSSR count). The number of rotatable bonds is 6. The van der Waals surface area contributed by atoms with Gasteiger partial charge in [0.1, 0.15) is 48.8 Å². The van der Waals surface area contributed by atoms with Crippen LogP contribution in [0.15, 0.2) is 0 Å². The van der Waals surface area contributed by atoms with E-state index < -0.39 is 80.5 Å². The summed E-state index contributed by atoms with van der Waals surface area (Å²) in [4.78, 5) is 11.2. The van der Waals surface area contributed by atoms with Gasteiger partial charge in [-0.15, -0.1) is 0 Å². The Morgan fingerprint density at radius 3 is 2.31 bits per heavy atom. The third kappa shape index (κ3) is 4.31. The molecule has 12 heteroatoms. The van der Waals surface area contributed by atoms with Crippen LogP contribution in [0.4, 0.5) is 0 Å². The average Bonchev–Trinajstić information content (AvgIpc) is 2.88. The molecule has 0 aromatic heterocycles. The Balaban J connectivity index is 2.13. The monoisotopic (exact) mass is 383 g/mol. The molecule has 152 valence electrons. The first-order valence-electron chi connectivity index (χ1n) is 8.06. The number of aliphatic hydroxyl groups excluding tert-OH is 7. The summed E-state index contributed by atoms with van der Waals surface area (Å²) in [7, 11) is 0. The molecule has 2 aliphatic rings. The van der Waals surface area contributed by atoms with Gasteiger partial charge in [0.15, 0.2) is 12.6 Å². The van der Waals surface area contributed by atoms with Crippen LogP contribution in [0.3, 0.4) is 0 Å². The van der Waals surface area contributed by atoms with Crippen molar-refractivity contribution in [2.24, 2.45) is 0 Å². The lowest BCUT2D eigenvalue weighted by Crippen LogP contribution is -2.65. The summed E-state index contributed by atoms with van der Waals surface area (Å²) in [6.45, 7) is -0.236. The highest BCUT2D eigenvalue weighted by Crippen LogP contribution is 2.30. The summed E-state index contributed by atoms with van der Waals surface area (Å²) in [6.07, 6.45) is -13.3. The number of carbonyl (C=O) groups is 1. The first-order chi connectivity index (χ1) is 12.2. The van der Waals surface area contributed by atoms with Crippen LogP contribution in [-0.2, 0) is 19.0 Å². The highest BCUT2D eigenvalue weighted by Gasteiger charge is 2.51. The minimum Gasteiger partial charge on any atom is -0.394 e. The number of aliphatic hydroxyl groups is 7. The van der Waals surface area contributed by atoms with E-state index in [1.165, 1.54) is 0 Å². The Labute approximate surface area is 148 Å². The van der Waals surface area contributed by atoms with E-state index in [4.69, 9.17) is 19.3 Å². The molecule has 2 aliphatic heterocycles. The molecule has 0 aromatic rings. The Bertz CT molecular complexity index is 480. The summed E-state index contributed by atoms with van der Waals surface area (Å²) < 4.78 is 15.7. The first-order valence-corrected chi connectivity index (χ1v) is 8.06. The molecule has 0 spiro atoms. The maximum Gasteiger partial charge on any atom is 0.217 e. The van der Waals surface area contributed by atoms with Gasteiger partial charge in [-0.2, -0.15) is 0 Å². The second kappa shape index (κ2) is 8.84. The molecule has 26 heavy (non-hydrogen) atoms. The van der Waals surface area contributed by atoms with Crippen LogP contribution in [0, 0.1) is 0 Å². The Morgan fingerprint density at radius 2 is 1.77 bits per heavy atom. The standard InChI is InChI=1S/C14H25NO11/c1-4(18)15-7-8(20)12(6(3-17)24-13(7)23)26-14-10(22)9(21)11(25-14)5(19)2-16/h5-14,16-17,19-23H,2-3H2,1H3,(H,15,18)/t5-,6?,7?,8?,9?,10?,11?,12?,13?,14?/m0/s1. The van der Waals surface area contributed by atoms with E-state index >= 15 is 0 Å². The molecule has 0 saturated carbocycles. The van der Waals surface area contributed by atoms with Crippen LogP contribution in [0.2, 0.25) is 0 Å². The molecule has 0 radical (unpaired) electrons. The minimum absolute atomic E-state index is 0.559. The molecule has 1 amide bonds. The van der Waals surface area contributed by atoms with Crippen LogP contribution in [0.1, 0.15) is 6.92 Å². The van der Waals surface area contributed by atoms with E-state index in [1.54, 1.807) is 0 Å². The van der Waals surface area contributed by atoms with Crippen molar-refractivity contribution in [1.82, 2.24) is 5.32 Å². The Morgan fingerprint density at radius 1 is 1.12 bits per heavy atom. The lowest BCUT2D eigenvalue weighted by molar-refractivity contribution is -0.300. The van der Waals surface area contributed by atoms with Gasteiger partial charge in [0.05, 0.1) is 13.2 Å². The lowest BCUT2D eigenvalue weighted by atomic mass is 9.96. The highest BCUT2D eigenvalue weighted by molar-refractivity contribution is 5.73. The van der Waals surface area contributed by atoms with E-state index in [0.29, 0.717) is 0 Å². The average molecular weight is 383 g/mol. The van der Waals surface area contributed by atoms with E-state index in [2.05, 4.69) is 5.32 Å². The SMILES string of the molecule is CC(=O)NC1C(O)OC(CO)C(OC2OC([C@@H](O)CO)C(O)C2O)C1O. The van der Waals surface area contributed by atoms with Gasteiger partial charge in [-0.1, -0.05) is 0 Å². The molecule has 0 aromatic carbocycles. The van der Waals surface area contributed by atoms with Gasteiger partial charge >= 0.3 is 0 Å². The van der Waals surface area contributed by atoms with Crippen molar-refractivity contribution >= 4 is 5.91 Å². The predicted molar refractivity (Wildman–Crippen MR) is 80.2 cm³/mol. The number of hydrogen-bond acceptors (Lipinski definition) is 11. The summed E-state index contributed by atoms with van der Waals surface area (Å²) >= 11 is 0. The summed E-state index contributed by atoms with van der Waals surface area (Å²) in [6, 6.07) is -1.28. The van der Waals surface area contributed by atoms with Gasteiger partial charge in [-0.25, -0.2) is 0 Å². The zero-order valence-corrected chi connectivity index (χ0v) is 14.0. The van der Waals surface area contributed by atoms with Crippen molar-refractivity contribution in [3.05, 3.63) is 0 Å². The fourth-order valence-corrected chi connectivity index (χ4v) is 3.00. The molecule has 2 fully saturated rings. The van der Waals surface area contributed by atoms with Crippen molar-refractivity contribution in [3.8, 4) is 0 Å². The number of hydrogen-bond donors (Lipinski definition) is 8. The van der Waals surface area contributed by atoms with E-state index in [-0.39, 0.29) is 0 Å². The zero-order chi connectivity index (χ0) is 19.6. The smallest absolute Gasteiger partial charge is 0.217 e. The maximum atomic E-state index is 11.2. The first kappa shape index (κ1) is 21.4. The van der Waals surface area contributed by atoms with Crippen molar-refractivity contribution in [1.29, 1.82) is 0 Å². The van der Waals surface area contributed by atoms with E-state index in [1.807, 2.05) is 0 Å². The molecule has 8 N–H and O–H groups in total.